The summed E-state index contributed by atoms with van der Waals surface area (Å²) in [6.45, 7) is 1.79. The molecule has 0 aliphatic rings. The Kier molecular flexibility index (Phi) is 4.49. The van der Waals surface area contributed by atoms with Gasteiger partial charge in [0.25, 0.3) is 11.6 Å². The summed E-state index contributed by atoms with van der Waals surface area (Å²) in [7, 11) is 0. The highest BCUT2D eigenvalue weighted by molar-refractivity contribution is 6.29. The van der Waals surface area contributed by atoms with Crippen LogP contribution in [0.5, 0.6) is 0 Å². The lowest BCUT2D eigenvalue weighted by atomic mass is 10.1. The Bertz CT molecular complexity index is 683. The zero-order valence-corrected chi connectivity index (χ0v) is 11.9. The number of hydrogen-bond donors (Lipinski definition) is 1. The number of benzene rings is 1. The average Bonchev–Trinajstić information content (AvgIpc) is 2.43. The molecule has 0 spiro atoms. The van der Waals surface area contributed by atoms with Crippen LogP contribution in [0.2, 0.25) is 5.15 Å². The number of amides is 1. The number of nitrogens with one attached hydrogen (secondary N) is 1. The van der Waals surface area contributed by atoms with Crippen molar-refractivity contribution in [3.63, 3.8) is 0 Å². The van der Waals surface area contributed by atoms with E-state index in [0.29, 0.717) is 16.8 Å². The maximum absolute atomic E-state index is 12.0. The molecule has 0 bridgehead atoms. The van der Waals surface area contributed by atoms with Crippen LogP contribution >= 0.6 is 11.6 Å². The number of aromatic nitrogens is 1. The normalized spacial score (nSPS) is 10.2. The molecule has 0 unspecified atom stereocenters. The molecule has 0 saturated carbocycles. The number of nitrogens with zero attached hydrogens (tertiary/aromatic N) is 2. The Labute approximate surface area is 125 Å². The zero-order valence-electron chi connectivity index (χ0n) is 11.2. The first kappa shape index (κ1) is 14.9. The van der Waals surface area contributed by atoms with Crippen molar-refractivity contribution in [1.29, 1.82) is 0 Å². The molecule has 0 saturated heterocycles. The molecule has 1 aromatic carbocycles. The highest BCUT2D eigenvalue weighted by atomic mass is 35.5. The van der Waals surface area contributed by atoms with E-state index in [2.05, 4.69) is 10.3 Å². The van der Waals surface area contributed by atoms with Gasteiger partial charge in [-0.25, -0.2) is 4.98 Å². The third-order valence-electron chi connectivity index (χ3n) is 2.81. The van der Waals surface area contributed by atoms with Crippen molar-refractivity contribution >= 4 is 23.2 Å². The fourth-order valence-corrected chi connectivity index (χ4v) is 2.13. The van der Waals surface area contributed by atoms with Crippen molar-refractivity contribution in [1.82, 2.24) is 10.3 Å². The molecule has 2 aromatic rings. The molecule has 2 rings (SSSR count). The van der Waals surface area contributed by atoms with E-state index in [1.54, 1.807) is 31.2 Å². The molecule has 0 aliphatic carbocycles. The number of carbonyl (C=O) groups excluding carboxylic acids is 1. The minimum atomic E-state index is -0.477. The van der Waals surface area contributed by atoms with Crippen LogP contribution in [-0.4, -0.2) is 15.8 Å². The Morgan fingerprint density at radius 2 is 2.10 bits per heavy atom. The molecule has 108 valence electrons. The second kappa shape index (κ2) is 6.32. The monoisotopic (exact) mass is 305 g/mol. The van der Waals surface area contributed by atoms with E-state index in [-0.39, 0.29) is 23.3 Å². The Hall–Kier alpha value is -2.47. The first-order valence-electron chi connectivity index (χ1n) is 6.12. The van der Waals surface area contributed by atoms with Gasteiger partial charge in [0.05, 0.1) is 4.92 Å². The van der Waals surface area contributed by atoms with E-state index >= 15 is 0 Å². The largest absolute Gasteiger partial charge is 0.348 e. The summed E-state index contributed by atoms with van der Waals surface area (Å²) in [5.41, 5.74) is 1.40. The van der Waals surface area contributed by atoms with Gasteiger partial charge < -0.3 is 5.32 Å². The summed E-state index contributed by atoms with van der Waals surface area (Å²) in [4.78, 5) is 26.4. The molecule has 21 heavy (non-hydrogen) atoms. The lowest BCUT2D eigenvalue weighted by Crippen LogP contribution is -2.23. The minimum Gasteiger partial charge on any atom is -0.348 e. The van der Waals surface area contributed by atoms with Crippen LogP contribution in [-0.2, 0) is 6.54 Å². The lowest BCUT2D eigenvalue weighted by molar-refractivity contribution is -0.385. The first-order valence-corrected chi connectivity index (χ1v) is 6.50. The first-order chi connectivity index (χ1) is 9.97. The van der Waals surface area contributed by atoms with Crippen molar-refractivity contribution < 1.29 is 9.72 Å². The van der Waals surface area contributed by atoms with Crippen molar-refractivity contribution in [2.24, 2.45) is 0 Å². The van der Waals surface area contributed by atoms with Crippen LogP contribution in [0.15, 0.2) is 36.4 Å². The van der Waals surface area contributed by atoms with Crippen LogP contribution in [0.3, 0.4) is 0 Å². The second-order valence-electron chi connectivity index (χ2n) is 4.39. The number of para-hydroxylation sites is 1. The van der Waals surface area contributed by atoms with Crippen LogP contribution < -0.4 is 5.32 Å². The van der Waals surface area contributed by atoms with Crippen LogP contribution in [0, 0.1) is 17.0 Å². The number of hydrogen-bond acceptors (Lipinski definition) is 4. The van der Waals surface area contributed by atoms with Crippen LogP contribution in [0.4, 0.5) is 5.69 Å². The minimum absolute atomic E-state index is 0.0262. The number of pyridine rings is 1. The maximum atomic E-state index is 12.0. The molecule has 0 fully saturated rings. The molecule has 1 N–H and O–H groups in total. The summed E-state index contributed by atoms with van der Waals surface area (Å²) in [5.74, 6) is -0.361. The van der Waals surface area contributed by atoms with Gasteiger partial charge in [-0.05, 0) is 19.1 Å². The van der Waals surface area contributed by atoms with Gasteiger partial charge in [-0.2, -0.15) is 0 Å². The van der Waals surface area contributed by atoms with Gasteiger partial charge in [0.1, 0.15) is 5.15 Å². The van der Waals surface area contributed by atoms with Crippen LogP contribution in [0.25, 0.3) is 0 Å². The fourth-order valence-electron chi connectivity index (χ4n) is 1.88. The number of nitro benzene ring substituents is 1. The standard InChI is InChI=1S/C14H12ClN3O3/c1-9-6-11(7-13(15)17-9)14(19)16-8-10-4-2-3-5-12(10)18(20)21/h2-7H,8H2,1H3,(H,16,19). The van der Waals surface area contributed by atoms with Crippen molar-refractivity contribution in [3.8, 4) is 0 Å². The summed E-state index contributed by atoms with van der Waals surface area (Å²) >= 11 is 5.80. The number of halogens is 1. The van der Waals surface area contributed by atoms with Gasteiger partial charge in [-0.1, -0.05) is 29.8 Å². The Morgan fingerprint density at radius 3 is 2.76 bits per heavy atom. The van der Waals surface area contributed by atoms with Gasteiger partial charge in [-0.3, -0.25) is 14.9 Å². The van der Waals surface area contributed by atoms with Crippen molar-refractivity contribution in [2.75, 3.05) is 0 Å². The maximum Gasteiger partial charge on any atom is 0.274 e. The van der Waals surface area contributed by atoms with E-state index in [1.807, 2.05) is 0 Å². The zero-order chi connectivity index (χ0) is 15.4. The topological polar surface area (TPSA) is 85.1 Å². The van der Waals surface area contributed by atoms with E-state index in [4.69, 9.17) is 11.6 Å². The molecule has 1 heterocycles. The third kappa shape index (κ3) is 3.76. The number of carbonyl (C=O) groups is 1. The smallest absolute Gasteiger partial charge is 0.274 e. The van der Waals surface area contributed by atoms with Gasteiger partial charge in [-0.15, -0.1) is 0 Å². The second-order valence-corrected chi connectivity index (χ2v) is 4.78. The van der Waals surface area contributed by atoms with Crippen LogP contribution in [0.1, 0.15) is 21.6 Å². The number of nitro groups is 1. The molecule has 7 heteroatoms. The van der Waals surface area contributed by atoms with E-state index in [1.165, 1.54) is 12.1 Å². The van der Waals surface area contributed by atoms with Gasteiger partial charge >= 0.3 is 0 Å². The fraction of sp³-hybridized carbons (Fsp3) is 0.143. The molecular formula is C14H12ClN3O3. The number of aryl methyl sites for hydroxylation is 1. The molecular weight excluding hydrogens is 294 g/mol. The van der Waals surface area contributed by atoms with Gasteiger partial charge in [0.2, 0.25) is 0 Å². The summed E-state index contributed by atoms with van der Waals surface area (Å²) in [5, 5.41) is 13.8. The Balaban J connectivity index is 2.13. The van der Waals surface area contributed by atoms with E-state index in [9.17, 15) is 14.9 Å². The molecule has 0 radical (unpaired) electrons. The van der Waals surface area contributed by atoms with E-state index in [0.717, 1.165) is 0 Å². The molecule has 0 atom stereocenters. The highest BCUT2D eigenvalue weighted by Crippen LogP contribution is 2.17. The highest BCUT2D eigenvalue weighted by Gasteiger charge is 2.14. The predicted octanol–water partition coefficient (Wildman–Crippen LogP) is 2.88. The van der Waals surface area contributed by atoms with E-state index < -0.39 is 4.92 Å². The summed E-state index contributed by atoms with van der Waals surface area (Å²) < 4.78 is 0. The molecule has 1 amide bonds. The average molecular weight is 306 g/mol. The van der Waals surface area contributed by atoms with Gasteiger partial charge in [0, 0.05) is 29.4 Å². The van der Waals surface area contributed by atoms with Crippen molar-refractivity contribution in [3.05, 3.63) is 68.5 Å². The quantitative estimate of drug-likeness (QED) is 0.534. The summed E-state index contributed by atoms with van der Waals surface area (Å²) in [6, 6.07) is 9.31. The molecule has 6 nitrogen and oxygen atoms in total. The lowest BCUT2D eigenvalue weighted by Gasteiger charge is -2.07. The van der Waals surface area contributed by atoms with Gasteiger partial charge in [0.15, 0.2) is 0 Å². The number of rotatable bonds is 4. The van der Waals surface area contributed by atoms with Crippen molar-refractivity contribution in [2.45, 2.75) is 13.5 Å². The molecule has 1 aromatic heterocycles. The predicted molar refractivity (Wildman–Crippen MR) is 78.3 cm³/mol. The Morgan fingerprint density at radius 1 is 1.38 bits per heavy atom. The summed E-state index contributed by atoms with van der Waals surface area (Å²) in [6.07, 6.45) is 0. The molecule has 0 aliphatic heterocycles. The SMILES string of the molecule is Cc1cc(C(=O)NCc2ccccc2[N+](=O)[O-])cc(Cl)n1. The third-order valence-corrected chi connectivity index (χ3v) is 3.01.